The Kier molecular flexibility index (Phi) is 4.51. The quantitative estimate of drug-likeness (QED) is 0.719. The summed E-state index contributed by atoms with van der Waals surface area (Å²) in [5, 5.41) is 0. The van der Waals surface area contributed by atoms with Gasteiger partial charge in [0, 0.05) is 0 Å². The lowest BCUT2D eigenvalue weighted by Gasteiger charge is -2.12. The van der Waals surface area contributed by atoms with Gasteiger partial charge >= 0.3 is 0 Å². The molecule has 0 saturated carbocycles. The van der Waals surface area contributed by atoms with E-state index in [9.17, 15) is 0 Å². The van der Waals surface area contributed by atoms with Gasteiger partial charge in [-0.1, -0.05) is 0 Å². The van der Waals surface area contributed by atoms with Crippen molar-refractivity contribution in [2.45, 2.75) is 0 Å². The Morgan fingerprint density at radius 2 is 1.44 bits per heavy atom. The molecule has 0 heterocycles. The molecule has 0 aliphatic heterocycles. The van der Waals surface area contributed by atoms with Crippen molar-refractivity contribution in [3.63, 3.8) is 0 Å². The number of ether oxygens (including phenoxy) is 4. The van der Waals surface area contributed by atoms with Gasteiger partial charge in [-0.05, 0) is 23.8 Å². The molecule has 1 aromatic rings. The minimum absolute atomic E-state index is 0.583. The van der Waals surface area contributed by atoms with Crippen molar-refractivity contribution < 1.29 is 18.9 Å². The lowest BCUT2D eigenvalue weighted by atomic mass is 10.2. The second-order valence-corrected chi connectivity index (χ2v) is 3.00. The number of hydrogen-bond acceptors (Lipinski definition) is 4. The molecule has 0 aromatic heterocycles. The van der Waals surface area contributed by atoms with Crippen LogP contribution >= 0.6 is 0 Å². The van der Waals surface area contributed by atoms with Gasteiger partial charge in [0.05, 0.1) is 34.7 Å². The van der Waals surface area contributed by atoms with E-state index >= 15 is 0 Å². The molecule has 0 radical (unpaired) electrons. The SMILES string of the molecule is CO/C=C\c1cc(OC)c(OC)c(OC)c1. The summed E-state index contributed by atoms with van der Waals surface area (Å²) in [6, 6.07) is 3.69. The molecule has 1 rings (SSSR count). The van der Waals surface area contributed by atoms with E-state index in [2.05, 4.69) is 0 Å². The Hall–Kier alpha value is -1.84. The van der Waals surface area contributed by atoms with Gasteiger partial charge in [0.25, 0.3) is 0 Å². The second-order valence-electron chi connectivity index (χ2n) is 3.00. The van der Waals surface area contributed by atoms with E-state index in [0.717, 1.165) is 5.56 Å². The van der Waals surface area contributed by atoms with E-state index in [-0.39, 0.29) is 0 Å². The maximum atomic E-state index is 5.22. The van der Waals surface area contributed by atoms with Gasteiger partial charge in [0.15, 0.2) is 11.5 Å². The van der Waals surface area contributed by atoms with Gasteiger partial charge in [-0.2, -0.15) is 0 Å². The van der Waals surface area contributed by atoms with E-state index in [1.54, 1.807) is 34.7 Å². The normalized spacial score (nSPS) is 10.2. The van der Waals surface area contributed by atoms with Crippen LogP contribution in [0.1, 0.15) is 5.56 Å². The summed E-state index contributed by atoms with van der Waals surface area (Å²) >= 11 is 0. The fourth-order valence-electron chi connectivity index (χ4n) is 1.34. The van der Waals surface area contributed by atoms with Crippen molar-refractivity contribution in [1.82, 2.24) is 0 Å². The zero-order chi connectivity index (χ0) is 12.0. The summed E-state index contributed by atoms with van der Waals surface area (Å²) in [5.41, 5.74) is 0.913. The Morgan fingerprint density at radius 1 is 0.875 bits per heavy atom. The third-order valence-corrected chi connectivity index (χ3v) is 2.08. The van der Waals surface area contributed by atoms with Crippen LogP contribution in [-0.2, 0) is 4.74 Å². The van der Waals surface area contributed by atoms with Crippen molar-refractivity contribution >= 4 is 6.08 Å². The molecule has 4 heteroatoms. The second kappa shape index (κ2) is 5.90. The molecule has 0 fully saturated rings. The van der Waals surface area contributed by atoms with E-state index in [1.165, 1.54) is 0 Å². The molecule has 4 nitrogen and oxygen atoms in total. The van der Waals surface area contributed by atoms with E-state index in [0.29, 0.717) is 17.2 Å². The van der Waals surface area contributed by atoms with Crippen molar-refractivity contribution in [3.05, 3.63) is 24.0 Å². The minimum atomic E-state index is 0.583. The Bertz CT molecular complexity index is 346. The Morgan fingerprint density at radius 3 is 1.81 bits per heavy atom. The summed E-state index contributed by atoms with van der Waals surface area (Å²) in [7, 11) is 6.34. The number of benzene rings is 1. The fourth-order valence-corrected chi connectivity index (χ4v) is 1.34. The van der Waals surface area contributed by atoms with Crippen LogP contribution in [0, 0.1) is 0 Å². The lowest BCUT2D eigenvalue weighted by molar-refractivity contribution is 0.324. The van der Waals surface area contributed by atoms with Crippen molar-refractivity contribution in [1.29, 1.82) is 0 Å². The average Bonchev–Trinajstić information content (AvgIpc) is 2.34. The monoisotopic (exact) mass is 224 g/mol. The first-order valence-corrected chi connectivity index (χ1v) is 4.76. The average molecular weight is 224 g/mol. The Labute approximate surface area is 95.4 Å². The molecule has 0 amide bonds. The van der Waals surface area contributed by atoms with Gasteiger partial charge in [0.1, 0.15) is 0 Å². The van der Waals surface area contributed by atoms with Crippen LogP contribution in [0.4, 0.5) is 0 Å². The topological polar surface area (TPSA) is 36.9 Å². The molecular weight excluding hydrogens is 208 g/mol. The lowest BCUT2D eigenvalue weighted by Crippen LogP contribution is -1.95. The van der Waals surface area contributed by atoms with Crippen LogP contribution in [0.2, 0.25) is 0 Å². The van der Waals surface area contributed by atoms with E-state index in [1.807, 2.05) is 18.2 Å². The van der Waals surface area contributed by atoms with Crippen LogP contribution in [-0.4, -0.2) is 28.4 Å². The highest BCUT2D eigenvalue weighted by Crippen LogP contribution is 2.38. The summed E-state index contributed by atoms with van der Waals surface area (Å²) in [6.45, 7) is 0. The number of rotatable bonds is 5. The van der Waals surface area contributed by atoms with Crippen LogP contribution in [0.15, 0.2) is 18.4 Å². The summed E-state index contributed by atoms with van der Waals surface area (Å²) in [5.74, 6) is 1.83. The van der Waals surface area contributed by atoms with Crippen LogP contribution in [0.3, 0.4) is 0 Å². The van der Waals surface area contributed by atoms with Crippen molar-refractivity contribution in [2.24, 2.45) is 0 Å². The summed E-state index contributed by atoms with van der Waals surface area (Å²) in [4.78, 5) is 0. The van der Waals surface area contributed by atoms with Gasteiger partial charge in [-0.3, -0.25) is 0 Å². The molecule has 0 spiro atoms. The molecule has 0 saturated heterocycles. The van der Waals surface area contributed by atoms with Crippen molar-refractivity contribution in [2.75, 3.05) is 28.4 Å². The predicted octanol–water partition coefficient (Wildman–Crippen LogP) is 2.33. The first kappa shape index (κ1) is 12.2. The van der Waals surface area contributed by atoms with Crippen LogP contribution < -0.4 is 14.2 Å². The third kappa shape index (κ3) is 2.59. The minimum Gasteiger partial charge on any atom is -0.504 e. The van der Waals surface area contributed by atoms with Crippen LogP contribution in [0.5, 0.6) is 17.2 Å². The standard InChI is InChI=1S/C12H16O4/c1-13-6-5-9-7-10(14-2)12(16-4)11(8-9)15-3/h5-8H,1-4H3/b6-5-. The highest BCUT2D eigenvalue weighted by molar-refractivity contribution is 5.61. The molecule has 88 valence electrons. The summed E-state index contributed by atoms with van der Waals surface area (Å²) in [6.07, 6.45) is 3.39. The maximum absolute atomic E-state index is 5.22. The molecule has 0 aliphatic carbocycles. The molecule has 1 aromatic carbocycles. The fraction of sp³-hybridized carbons (Fsp3) is 0.333. The smallest absolute Gasteiger partial charge is 0.203 e. The van der Waals surface area contributed by atoms with Gasteiger partial charge in [-0.15, -0.1) is 0 Å². The molecule has 0 aliphatic rings. The largest absolute Gasteiger partial charge is 0.504 e. The molecule has 0 bridgehead atoms. The molecular formula is C12H16O4. The van der Waals surface area contributed by atoms with E-state index < -0.39 is 0 Å². The molecule has 16 heavy (non-hydrogen) atoms. The van der Waals surface area contributed by atoms with Gasteiger partial charge in [-0.25, -0.2) is 0 Å². The first-order valence-electron chi connectivity index (χ1n) is 4.76. The maximum Gasteiger partial charge on any atom is 0.203 e. The highest BCUT2D eigenvalue weighted by Gasteiger charge is 2.11. The number of methoxy groups -OCH3 is 4. The highest BCUT2D eigenvalue weighted by atomic mass is 16.5. The summed E-state index contributed by atoms with van der Waals surface area (Å²) < 4.78 is 20.5. The molecule has 0 atom stereocenters. The molecule has 0 N–H and O–H groups in total. The zero-order valence-corrected chi connectivity index (χ0v) is 9.94. The van der Waals surface area contributed by atoms with E-state index in [4.69, 9.17) is 18.9 Å². The third-order valence-electron chi connectivity index (χ3n) is 2.08. The van der Waals surface area contributed by atoms with Gasteiger partial charge < -0.3 is 18.9 Å². The molecule has 0 unspecified atom stereocenters. The zero-order valence-electron chi connectivity index (χ0n) is 9.94. The first-order chi connectivity index (χ1) is 7.76. The Balaban J connectivity index is 3.20. The van der Waals surface area contributed by atoms with Crippen LogP contribution in [0.25, 0.3) is 6.08 Å². The van der Waals surface area contributed by atoms with Crippen molar-refractivity contribution in [3.8, 4) is 17.2 Å². The number of hydrogen-bond donors (Lipinski definition) is 0. The predicted molar refractivity (Wildman–Crippen MR) is 62.1 cm³/mol. The van der Waals surface area contributed by atoms with Gasteiger partial charge in [0.2, 0.25) is 5.75 Å².